The van der Waals surface area contributed by atoms with E-state index in [-0.39, 0.29) is 0 Å². The molecule has 0 heterocycles. The molecule has 0 bridgehead atoms. The van der Waals surface area contributed by atoms with Crippen LogP contribution in [0.3, 0.4) is 0 Å². The van der Waals surface area contributed by atoms with E-state index >= 15 is 0 Å². The Bertz CT molecular complexity index is 379. The van der Waals surface area contributed by atoms with Gasteiger partial charge in [-0.3, -0.25) is 0 Å². The van der Waals surface area contributed by atoms with Crippen LogP contribution in [0.1, 0.15) is 46.0 Å². The zero-order chi connectivity index (χ0) is 15.5. The standard InChI is InChI=1S/C19H32N2/c1-5-7-10-17(4)15-21-19-12-8-11-18(13-19)20-14-16(3)9-6-2/h6-7,9-10,18-21H,2,4-5,8,11-15H2,1,3H3. The van der Waals surface area contributed by atoms with Gasteiger partial charge in [-0.15, -0.1) is 0 Å². The largest absolute Gasteiger partial charge is 0.310 e. The van der Waals surface area contributed by atoms with Crippen LogP contribution in [-0.2, 0) is 0 Å². The molecular weight excluding hydrogens is 256 g/mol. The molecular formula is C19H32N2. The topological polar surface area (TPSA) is 24.1 Å². The van der Waals surface area contributed by atoms with Crippen LogP contribution >= 0.6 is 0 Å². The summed E-state index contributed by atoms with van der Waals surface area (Å²) in [6.07, 6.45) is 14.4. The van der Waals surface area contributed by atoms with E-state index in [0.717, 1.165) is 19.5 Å². The lowest BCUT2D eigenvalue weighted by Crippen LogP contribution is -2.42. The van der Waals surface area contributed by atoms with Gasteiger partial charge in [-0.25, -0.2) is 0 Å². The van der Waals surface area contributed by atoms with Crippen molar-refractivity contribution in [1.82, 2.24) is 10.6 Å². The number of allylic oxidation sites excluding steroid dienone is 3. The van der Waals surface area contributed by atoms with E-state index in [1.54, 1.807) is 0 Å². The Balaban J connectivity index is 2.28. The summed E-state index contributed by atoms with van der Waals surface area (Å²) in [6, 6.07) is 1.25. The van der Waals surface area contributed by atoms with Crippen molar-refractivity contribution in [2.45, 2.75) is 58.0 Å². The van der Waals surface area contributed by atoms with Gasteiger partial charge in [0.15, 0.2) is 0 Å². The molecule has 1 saturated carbocycles. The lowest BCUT2D eigenvalue weighted by Gasteiger charge is -2.31. The van der Waals surface area contributed by atoms with E-state index in [1.165, 1.54) is 36.8 Å². The van der Waals surface area contributed by atoms with Crippen LogP contribution in [0.2, 0.25) is 0 Å². The van der Waals surface area contributed by atoms with Crippen molar-refractivity contribution in [3.63, 3.8) is 0 Å². The smallest absolute Gasteiger partial charge is 0.0202 e. The Kier molecular flexibility index (Phi) is 9.04. The maximum absolute atomic E-state index is 4.09. The number of hydrogen-bond donors (Lipinski definition) is 2. The Labute approximate surface area is 131 Å². The van der Waals surface area contributed by atoms with E-state index in [2.05, 4.69) is 55.9 Å². The van der Waals surface area contributed by atoms with Crippen LogP contribution in [-0.4, -0.2) is 25.2 Å². The van der Waals surface area contributed by atoms with Gasteiger partial charge in [0.25, 0.3) is 0 Å². The highest BCUT2D eigenvalue weighted by atomic mass is 15.0. The Morgan fingerprint density at radius 2 is 1.86 bits per heavy atom. The highest BCUT2D eigenvalue weighted by Gasteiger charge is 2.20. The van der Waals surface area contributed by atoms with Crippen molar-refractivity contribution in [2.24, 2.45) is 0 Å². The molecule has 118 valence electrons. The van der Waals surface area contributed by atoms with Gasteiger partial charge in [-0.2, -0.15) is 0 Å². The SMILES string of the molecule is C=CC=C(C)CNC1CCCC(NCC(=C)C=CCC)C1. The van der Waals surface area contributed by atoms with E-state index in [9.17, 15) is 0 Å². The van der Waals surface area contributed by atoms with Gasteiger partial charge < -0.3 is 10.6 Å². The highest BCUT2D eigenvalue weighted by Crippen LogP contribution is 2.19. The van der Waals surface area contributed by atoms with Crippen LogP contribution in [0.5, 0.6) is 0 Å². The molecule has 0 aromatic heterocycles. The Hall–Kier alpha value is -1.12. The first kappa shape index (κ1) is 17.9. The lowest BCUT2D eigenvalue weighted by molar-refractivity contribution is 0.312. The van der Waals surface area contributed by atoms with Crippen molar-refractivity contribution < 1.29 is 0 Å². The third-order valence-electron chi connectivity index (χ3n) is 3.95. The second-order valence-electron chi connectivity index (χ2n) is 6.04. The van der Waals surface area contributed by atoms with Crippen molar-refractivity contribution in [2.75, 3.05) is 13.1 Å². The van der Waals surface area contributed by atoms with E-state index in [0.29, 0.717) is 12.1 Å². The molecule has 2 nitrogen and oxygen atoms in total. The minimum absolute atomic E-state index is 0.617. The van der Waals surface area contributed by atoms with Crippen LogP contribution < -0.4 is 10.6 Å². The minimum atomic E-state index is 0.617. The second-order valence-corrected chi connectivity index (χ2v) is 6.04. The third kappa shape index (κ3) is 8.03. The van der Waals surface area contributed by atoms with Crippen LogP contribution in [0.15, 0.2) is 48.6 Å². The third-order valence-corrected chi connectivity index (χ3v) is 3.95. The van der Waals surface area contributed by atoms with Crippen molar-refractivity contribution >= 4 is 0 Å². The molecule has 0 radical (unpaired) electrons. The molecule has 0 amide bonds. The fourth-order valence-corrected chi connectivity index (χ4v) is 2.74. The Morgan fingerprint density at radius 3 is 2.48 bits per heavy atom. The monoisotopic (exact) mass is 288 g/mol. The molecule has 2 N–H and O–H groups in total. The zero-order valence-electron chi connectivity index (χ0n) is 13.8. The first-order valence-electron chi connectivity index (χ1n) is 8.25. The maximum Gasteiger partial charge on any atom is 0.0202 e. The fourth-order valence-electron chi connectivity index (χ4n) is 2.74. The van der Waals surface area contributed by atoms with Crippen molar-refractivity contribution in [1.29, 1.82) is 0 Å². The van der Waals surface area contributed by atoms with E-state index in [1.807, 2.05) is 6.08 Å². The summed E-state index contributed by atoms with van der Waals surface area (Å²) in [5.41, 5.74) is 2.52. The predicted molar refractivity (Wildman–Crippen MR) is 94.6 cm³/mol. The molecule has 2 atom stereocenters. The van der Waals surface area contributed by atoms with Gasteiger partial charge in [0.1, 0.15) is 0 Å². The molecule has 21 heavy (non-hydrogen) atoms. The van der Waals surface area contributed by atoms with E-state index < -0.39 is 0 Å². The van der Waals surface area contributed by atoms with Crippen LogP contribution in [0.4, 0.5) is 0 Å². The molecule has 0 aliphatic heterocycles. The average molecular weight is 288 g/mol. The summed E-state index contributed by atoms with van der Waals surface area (Å²) < 4.78 is 0. The molecule has 1 rings (SSSR count). The Morgan fingerprint density at radius 1 is 1.19 bits per heavy atom. The summed E-state index contributed by atoms with van der Waals surface area (Å²) >= 11 is 0. The van der Waals surface area contributed by atoms with Crippen molar-refractivity contribution in [3.05, 3.63) is 48.6 Å². The first-order chi connectivity index (χ1) is 10.2. The molecule has 1 aliphatic carbocycles. The molecule has 0 spiro atoms. The fraction of sp³-hybridized carbons (Fsp3) is 0.579. The summed E-state index contributed by atoms with van der Waals surface area (Å²) in [5, 5.41) is 7.32. The molecule has 1 fully saturated rings. The van der Waals surface area contributed by atoms with Crippen molar-refractivity contribution in [3.8, 4) is 0 Å². The number of nitrogens with one attached hydrogen (secondary N) is 2. The highest BCUT2D eigenvalue weighted by molar-refractivity contribution is 5.16. The van der Waals surface area contributed by atoms with Crippen LogP contribution in [0, 0.1) is 0 Å². The average Bonchev–Trinajstić information content (AvgIpc) is 2.49. The molecule has 2 heteroatoms. The summed E-state index contributed by atoms with van der Waals surface area (Å²) in [5.74, 6) is 0. The summed E-state index contributed by atoms with van der Waals surface area (Å²) in [7, 11) is 0. The normalized spacial score (nSPS) is 23.4. The lowest BCUT2D eigenvalue weighted by atomic mass is 9.90. The molecule has 0 aromatic rings. The van der Waals surface area contributed by atoms with E-state index in [4.69, 9.17) is 0 Å². The van der Waals surface area contributed by atoms with Gasteiger partial charge in [0, 0.05) is 25.2 Å². The minimum Gasteiger partial charge on any atom is -0.310 e. The summed E-state index contributed by atoms with van der Waals surface area (Å²) in [4.78, 5) is 0. The van der Waals surface area contributed by atoms with Gasteiger partial charge in [-0.1, -0.05) is 56.4 Å². The first-order valence-corrected chi connectivity index (χ1v) is 8.25. The maximum atomic E-state index is 4.09. The molecule has 2 unspecified atom stereocenters. The quantitative estimate of drug-likeness (QED) is 0.623. The van der Waals surface area contributed by atoms with Gasteiger partial charge in [-0.05, 0) is 38.2 Å². The second kappa shape index (κ2) is 10.6. The van der Waals surface area contributed by atoms with Gasteiger partial charge in [0.05, 0.1) is 0 Å². The molecule has 0 saturated heterocycles. The molecule has 1 aliphatic rings. The van der Waals surface area contributed by atoms with Crippen LogP contribution in [0.25, 0.3) is 0 Å². The number of rotatable bonds is 9. The van der Waals surface area contributed by atoms with Gasteiger partial charge in [0.2, 0.25) is 0 Å². The summed E-state index contributed by atoms with van der Waals surface area (Å²) in [6.45, 7) is 14.0. The predicted octanol–water partition coefficient (Wildman–Crippen LogP) is 4.13. The van der Waals surface area contributed by atoms with Gasteiger partial charge >= 0.3 is 0 Å². The number of hydrogen-bond acceptors (Lipinski definition) is 2. The molecule has 0 aromatic carbocycles. The zero-order valence-corrected chi connectivity index (χ0v) is 13.8.